The van der Waals surface area contributed by atoms with Gasteiger partial charge in [-0.25, -0.2) is 0 Å². The van der Waals surface area contributed by atoms with Crippen molar-refractivity contribution in [2.24, 2.45) is 0 Å². The third-order valence-electron chi connectivity index (χ3n) is 0.474. The first-order valence-corrected chi connectivity index (χ1v) is 2.21. The molecule has 0 spiro atoms. The first-order chi connectivity index (χ1) is 2.94. The van der Waals surface area contributed by atoms with Gasteiger partial charge in [-0.1, -0.05) is 0 Å². The highest BCUT2D eigenvalue weighted by molar-refractivity contribution is 7.81. The number of alkyl halides is 3. The van der Waals surface area contributed by atoms with E-state index in [-0.39, 0.29) is 0 Å². The smallest absolute Gasteiger partial charge is 0.170 e. The quantitative estimate of drug-likeness (QED) is 0.475. The number of rotatable bonds is 0. The first-order valence-electron chi connectivity index (χ1n) is 1.69. The molecule has 44 valence electrons. The van der Waals surface area contributed by atoms with Gasteiger partial charge < -0.3 is 0 Å². The van der Waals surface area contributed by atoms with E-state index in [0.717, 1.165) is 6.92 Å². The second-order valence-corrected chi connectivity index (χ2v) is 1.99. The molecule has 0 bridgehead atoms. The predicted octanol–water partition coefficient (Wildman–Crippen LogP) is 1.87. The summed E-state index contributed by atoms with van der Waals surface area (Å²) in [6.07, 6.45) is -4.14. The lowest BCUT2D eigenvalue weighted by Crippen LogP contribution is -2.19. The van der Waals surface area contributed by atoms with E-state index in [4.69, 9.17) is 0 Å². The van der Waals surface area contributed by atoms with Gasteiger partial charge in [0.1, 0.15) is 0 Å². The van der Waals surface area contributed by atoms with E-state index in [1.165, 1.54) is 0 Å². The molecule has 0 heterocycles. The highest BCUT2D eigenvalue weighted by Gasteiger charge is 2.32. The van der Waals surface area contributed by atoms with Crippen LogP contribution in [0.4, 0.5) is 13.2 Å². The molecule has 0 nitrogen and oxygen atoms in total. The topological polar surface area (TPSA) is 0 Å². The largest absolute Gasteiger partial charge is 0.400 e. The highest BCUT2D eigenvalue weighted by atomic mass is 32.1. The lowest BCUT2D eigenvalue weighted by molar-refractivity contribution is -0.124. The molecule has 0 aliphatic rings. The fourth-order valence-corrected chi connectivity index (χ4v) is 0. The van der Waals surface area contributed by atoms with Gasteiger partial charge in [0.25, 0.3) is 0 Å². The highest BCUT2D eigenvalue weighted by Crippen LogP contribution is 2.23. The Labute approximate surface area is 45.1 Å². The van der Waals surface area contributed by atoms with Gasteiger partial charge in [-0.15, -0.1) is 0 Å². The second kappa shape index (κ2) is 1.94. The summed E-state index contributed by atoms with van der Waals surface area (Å²) < 4.78 is 33.3. The molecule has 0 saturated carbocycles. The minimum Gasteiger partial charge on any atom is -0.170 e. The average molecular weight is 130 g/mol. The van der Waals surface area contributed by atoms with Crippen LogP contribution in [0.1, 0.15) is 6.92 Å². The number of thiol groups is 1. The first kappa shape index (κ1) is 7.14. The van der Waals surface area contributed by atoms with E-state index < -0.39 is 11.4 Å². The Morgan fingerprint density at radius 2 is 1.57 bits per heavy atom. The molecule has 0 aliphatic heterocycles. The van der Waals surface area contributed by atoms with Crippen LogP contribution in [0.2, 0.25) is 0 Å². The third-order valence-corrected chi connectivity index (χ3v) is 0.766. The molecular formula is C3H5F3S. The maximum Gasteiger partial charge on any atom is 0.400 e. The lowest BCUT2D eigenvalue weighted by atomic mass is 10.5. The molecule has 0 aliphatic carbocycles. The van der Waals surface area contributed by atoms with Crippen molar-refractivity contribution < 1.29 is 13.2 Å². The molecular weight excluding hydrogens is 125 g/mol. The maximum atomic E-state index is 11.1. The summed E-state index contributed by atoms with van der Waals surface area (Å²) in [5.41, 5.74) is 0. The lowest BCUT2D eigenvalue weighted by Gasteiger charge is -2.06. The van der Waals surface area contributed by atoms with Gasteiger partial charge in [-0.05, 0) is 6.92 Å². The van der Waals surface area contributed by atoms with Crippen molar-refractivity contribution in [2.75, 3.05) is 0 Å². The van der Waals surface area contributed by atoms with Gasteiger partial charge in [-0.2, -0.15) is 25.8 Å². The van der Waals surface area contributed by atoms with Crippen LogP contribution in [0.3, 0.4) is 0 Å². The Bertz CT molecular complexity index is 55.7. The Kier molecular flexibility index (Phi) is 1.98. The Morgan fingerprint density at radius 1 is 1.43 bits per heavy atom. The summed E-state index contributed by atoms with van der Waals surface area (Å²) in [4.78, 5) is 0. The summed E-state index contributed by atoms with van der Waals surface area (Å²) in [7, 11) is 0. The number of hydrogen-bond acceptors (Lipinski definition) is 1. The molecule has 0 aromatic carbocycles. The van der Waals surface area contributed by atoms with Crippen molar-refractivity contribution in [3.05, 3.63) is 0 Å². The zero-order valence-electron chi connectivity index (χ0n) is 3.66. The van der Waals surface area contributed by atoms with Crippen molar-refractivity contribution in [1.29, 1.82) is 0 Å². The summed E-state index contributed by atoms with van der Waals surface area (Å²) in [6, 6.07) is 0. The van der Waals surface area contributed by atoms with Crippen LogP contribution in [0.25, 0.3) is 0 Å². The summed E-state index contributed by atoms with van der Waals surface area (Å²) >= 11 is 3.15. The summed E-state index contributed by atoms with van der Waals surface area (Å²) in [5.74, 6) is 0. The molecule has 0 N–H and O–H groups in total. The minimum absolute atomic E-state index is 0.989. The van der Waals surface area contributed by atoms with Crippen molar-refractivity contribution in [3.63, 3.8) is 0 Å². The van der Waals surface area contributed by atoms with Gasteiger partial charge in [0.15, 0.2) is 0 Å². The zero-order chi connectivity index (χ0) is 6.08. The van der Waals surface area contributed by atoms with Crippen molar-refractivity contribution in [3.8, 4) is 0 Å². The molecule has 1 atom stereocenters. The van der Waals surface area contributed by atoms with E-state index in [1.807, 2.05) is 0 Å². The number of hydrogen-bond donors (Lipinski definition) is 1. The van der Waals surface area contributed by atoms with E-state index in [0.29, 0.717) is 0 Å². The Morgan fingerprint density at radius 3 is 1.57 bits per heavy atom. The maximum absolute atomic E-state index is 11.1. The van der Waals surface area contributed by atoms with Crippen molar-refractivity contribution >= 4 is 12.6 Å². The zero-order valence-corrected chi connectivity index (χ0v) is 4.55. The van der Waals surface area contributed by atoms with Gasteiger partial charge in [0.2, 0.25) is 0 Å². The standard InChI is InChI=1S/C3H5F3S/c1-2(7)3(4,5)6/h2,7H,1H3. The normalized spacial score (nSPS) is 16.7. The van der Waals surface area contributed by atoms with Crippen LogP contribution in [-0.4, -0.2) is 11.4 Å². The van der Waals surface area contributed by atoms with E-state index in [1.54, 1.807) is 0 Å². The fraction of sp³-hybridized carbons (Fsp3) is 1.00. The molecule has 0 fully saturated rings. The molecule has 0 aromatic heterocycles. The molecule has 7 heavy (non-hydrogen) atoms. The summed E-state index contributed by atoms with van der Waals surface area (Å²) in [6.45, 7) is 0.989. The van der Waals surface area contributed by atoms with Crippen LogP contribution in [0.15, 0.2) is 0 Å². The average Bonchev–Trinajstić information content (AvgIpc) is 1.31. The van der Waals surface area contributed by atoms with E-state index >= 15 is 0 Å². The molecule has 1 unspecified atom stereocenters. The third kappa shape index (κ3) is 2.79. The molecule has 0 aromatic rings. The molecule has 0 rings (SSSR count). The molecule has 0 amide bonds. The predicted molar refractivity (Wildman–Crippen MR) is 24.5 cm³/mol. The van der Waals surface area contributed by atoms with Crippen LogP contribution in [0.5, 0.6) is 0 Å². The van der Waals surface area contributed by atoms with Gasteiger partial charge in [-0.3, -0.25) is 0 Å². The molecule has 0 saturated heterocycles. The van der Waals surface area contributed by atoms with Crippen LogP contribution < -0.4 is 0 Å². The number of halogens is 3. The van der Waals surface area contributed by atoms with Gasteiger partial charge >= 0.3 is 6.18 Å². The van der Waals surface area contributed by atoms with Gasteiger partial charge in [0, 0.05) is 0 Å². The Balaban J connectivity index is 3.54. The van der Waals surface area contributed by atoms with Crippen LogP contribution in [-0.2, 0) is 0 Å². The van der Waals surface area contributed by atoms with Crippen molar-refractivity contribution in [2.45, 2.75) is 18.3 Å². The van der Waals surface area contributed by atoms with Crippen LogP contribution >= 0.6 is 12.6 Å². The molecule has 0 radical (unpaired) electrons. The summed E-state index contributed by atoms with van der Waals surface area (Å²) in [5, 5.41) is -1.51. The molecule has 4 heteroatoms. The fourth-order valence-electron chi connectivity index (χ4n) is 0. The minimum atomic E-state index is -4.14. The van der Waals surface area contributed by atoms with Crippen LogP contribution in [0, 0.1) is 0 Å². The SMILES string of the molecule is CC(S)C(F)(F)F. The van der Waals surface area contributed by atoms with Crippen molar-refractivity contribution in [1.82, 2.24) is 0 Å². The van der Waals surface area contributed by atoms with E-state index in [9.17, 15) is 13.2 Å². The van der Waals surface area contributed by atoms with E-state index in [2.05, 4.69) is 12.6 Å². The monoisotopic (exact) mass is 130 g/mol. The Hall–Kier alpha value is 0.140. The second-order valence-electron chi connectivity index (χ2n) is 1.22. The van der Waals surface area contributed by atoms with Gasteiger partial charge in [0.05, 0.1) is 5.25 Å².